The van der Waals surface area contributed by atoms with Gasteiger partial charge in [-0.1, -0.05) is 6.92 Å². The van der Waals surface area contributed by atoms with Gasteiger partial charge in [-0.3, -0.25) is 4.79 Å². The molecule has 0 saturated heterocycles. The van der Waals surface area contributed by atoms with Crippen LogP contribution in [0.1, 0.15) is 22.8 Å². The number of hydrogen-bond acceptors (Lipinski definition) is 4. The molecule has 1 amide bonds. The van der Waals surface area contributed by atoms with E-state index < -0.39 is 0 Å². The normalized spacial score (nSPS) is 18.2. The molecule has 4 rings (SSSR count). The molecule has 0 aliphatic carbocycles. The summed E-state index contributed by atoms with van der Waals surface area (Å²) >= 11 is 0. The van der Waals surface area contributed by atoms with Crippen LogP contribution < -0.4 is 19.1 Å². The van der Waals surface area contributed by atoms with Gasteiger partial charge in [0.15, 0.2) is 11.5 Å². The number of carbonyl (C=O) groups excluding carboxylic acids is 1. The van der Waals surface area contributed by atoms with Crippen LogP contribution in [0.3, 0.4) is 0 Å². The largest absolute Gasteiger partial charge is 0.497 e. The third-order valence-electron chi connectivity index (χ3n) is 4.50. The Morgan fingerprint density at radius 2 is 2.00 bits per heavy atom. The van der Waals surface area contributed by atoms with Crippen molar-refractivity contribution in [2.75, 3.05) is 25.3 Å². The zero-order valence-corrected chi connectivity index (χ0v) is 13.7. The molecule has 5 heteroatoms. The Bertz CT molecular complexity index is 802. The molecular formula is C19H19NO4. The summed E-state index contributed by atoms with van der Waals surface area (Å²) in [6, 6.07) is 11.2. The predicted octanol–water partition coefficient (Wildman–Crippen LogP) is 3.26. The number of benzene rings is 2. The molecule has 2 aromatic rings. The molecule has 24 heavy (non-hydrogen) atoms. The molecule has 2 aliphatic rings. The molecule has 0 fully saturated rings. The van der Waals surface area contributed by atoms with Crippen molar-refractivity contribution in [2.45, 2.75) is 13.3 Å². The van der Waals surface area contributed by atoms with Crippen molar-refractivity contribution in [3.05, 3.63) is 47.5 Å². The topological polar surface area (TPSA) is 48.0 Å². The van der Waals surface area contributed by atoms with E-state index in [1.165, 1.54) is 0 Å². The van der Waals surface area contributed by atoms with Gasteiger partial charge in [0.1, 0.15) is 5.75 Å². The SMILES string of the molecule is COc1ccc2c(c1)CC(C)CN2C(=O)c1ccc2c(c1)OCO2. The number of amides is 1. The minimum absolute atomic E-state index is 0.0220. The number of fused-ring (bicyclic) bond motifs is 2. The Labute approximate surface area is 140 Å². The number of ether oxygens (including phenoxy) is 3. The number of carbonyl (C=O) groups is 1. The Morgan fingerprint density at radius 1 is 1.17 bits per heavy atom. The first-order chi connectivity index (χ1) is 11.7. The molecule has 1 atom stereocenters. The zero-order valence-electron chi connectivity index (χ0n) is 13.7. The summed E-state index contributed by atoms with van der Waals surface area (Å²) in [5.41, 5.74) is 2.70. The highest BCUT2D eigenvalue weighted by Crippen LogP contribution is 2.36. The fourth-order valence-electron chi connectivity index (χ4n) is 3.34. The molecule has 0 aromatic heterocycles. The van der Waals surface area contributed by atoms with Crippen LogP contribution in [0.25, 0.3) is 0 Å². The summed E-state index contributed by atoms with van der Waals surface area (Å²) in [7, 11) is 1.66. The van der Waals surface area contributed by atoms with E-state index in [1.54, 1.807) is 25.3 Å². The van der Waals surface area contributed by atoms with Crippen LogP contribution in [0.5, 0.6) is 17.2 Å². The molecule has 0 N–H and O–H groups in total. The quantitative estimate of drug-likeness (QED) is 0.850. The van der Waals surface area contributed by atoms with Crippen LogP contribution in [0.2, 0.25) is 0 Å². The molecule has 124 valence electrons. The number of hydrogen-bond donors (Lipinski definition) is 0. The van der Waals surface area contributed by atoms with Crippen LogP contribution in [-0.2, 0) is 6.42 Å². The van der Waals surface area contributed by atoms with Gasteiger partial charge in [-0.2, -0.15) is 0 Å². The zero-order chi connectivity index (χ0) is 16.7. The fourth-order valence-corrected chi connectivity index (χ4v) is 3.34. The molecule has 2 aliphatic heterocycles. The summed E-state index contributed by atoms with van der Waals surface area (Å²) in [5, 5.41) is 0. The third kappa shape index (κ3) is 2.46. The second-order valence-corrected chi connectivity index (χ2v) is 6.29. The molecule has 0 saturated carbocycles. The first-order valence-corrected chi connectivity index (χ1v) is 8.04. The van der Waals surface area contributed by atoms with Crippen LogP contribution in [0.4, 0.5) is 5.69 Å². The minimum Gasteiger partial charge on any atom is -0.497 e. The summed E-state index contributed by atoms with van der Waals surface area (Å²) in [4.78, 5) is 14.9. The molecular weight excluding hydrogens is 306 g/mol. The maximum absolute atomic E-state index is 13.1. The second-order valence-electron chi connectivity index (χ2n) is 6.29. The van der Waals surface area contributed by atoms with Crippen LogP contribution in [-0.4, -0.2) is 26.4 Å². The molecule has 2 heterocycles. The van der Waals surface area contributed by atoms with Crippen molar-refractivity contribution >= 4 is 11.6 Å². The van der Waals surface area contributed by atoms with Gasteiger partial charge < -0.3 is 19.1 Å². The van der Waals surface area contributed by atoms with Gasteiger partial charge in [-0.15, -0.1) is 0 Å². The maximum Gasteiger partial charge on any atom is 0.258 e. The van der Waals surface area contributed by atoms with Gasteiger partial charge in [0, 0.05) is 17.8 Å². The molecule has 1 unspecified atom stereocenters. The van der Waals surface area contributed by atoms with Crippen LogP contribution >= 0.6 is 0 Å². The van der Waals surface area contributed by atoms with E-state index in [9.17, 15) is 4.79 Å². The van der Waals surface area contributed by atoms with Crippen molar-refractivity contribution in [3.8, 4) is 17.2 Å². The predicted molar refractivity (Wildman–Crippen MR) is 90.1 cm³/mol. The summed E-state index contributed by atoms with van der Waals surface area (Å²) in [6.45, 7) is 3.06. The van der Waals surface area contributed by atoms with Gasteiger partial charge >= 0.3 is 0 Å². The minimum atomic E-state index is -0.0220. The van der Waals surface area contributed by atoms with E-state index in [2.05, 4.69) is 6.92 Å². The first kappa shape index (κ1) is 14.9. The molecule has 2 aromatic carbocycles. The highest BCUT2D eigenvalue weighted by Gasteiger charge is 2.28. The van der Waals surface area contributed by atoms with E-state index in [4.69, 9.17) is 14.2 Å². The van der Waals surface area contributed by atoms with E-state index in [0.717, 1.165) is 23.4 Å². The van der Waals surface area contributed by atoms with Gasteiger partial charge in [0.05, 0.1) is 7.11 Å². The van der Waals surface area contributed by atoms with E-state index in [-0.39, 0.29) is 12.7 Å². The first-order valence-electron chi connectivity index (χ1n) is 8.04. The Balaban J connectivity index is 1.70. The van der Waals surface area contributed by atoms with Gasteiger partial charge in [-0.05, 0) is 54.3 Å². The number of rotatable bonds is 2. The molecule has 0 spiro atoms. The number of nitrogens with zero attached hydrogens (tertiary/aromatic N) is 1. The lowest BCUT2D eigenvalue weighted by atomic mass is 9.93. The lowest BCUT2D eigenvalue weighted by Gasteiger charge is -2.33. The summed E-state index contributed by atoms with van der Waals surface area (Å²) < 4.78 is 16.0. The highest BCUT2D eigenvalue weighted by molar-refractivity contribution is 6.07. The average Bonchev–Trinajstić information content (AvgIpc) is 3.07. The average molecular weight is 325 g/mol. The van der Waals surface area contributed by atoms with Crippen molar-refractivity contribution in [3.63, 3.8) is 0 Å². The Kier molecular flexibility index (Phi) is 3.56. The Hall–Kier alpha value is -2.69. The van der Waals surface area contributed by atoms with E-state index in [1.807, 2.05) is 23.1 Å². The lowest BCUT2D eigenvalue weighted by molar-refractivity contribution is 0.0980. The van der Waals surface area contributed by atoms with Crippen LogP contribution in [0, 0.1) is 5.92 Å². The van der Waals surface area contributed by atoms with Crippen molar-refractivity contribution in [1.29, 1.82) is 0 Å². The second kappa shape index (κ2) is 5.74. The van der Waals surface area contributed by atoms with Gasteiger partial charge in [0.25, 0.3) is 5.91 Å². The van der Waals surface area contributed by atoms with Crippen LogP contribution in [0.15, 0.2) is 36.4 Å². The monoisotopic (exact) mass is 325 g/mol. The summed E-state index contributed by atoms with van der Waals surface area (Å²) in [5.74, 6) is 2.50. The van der Waals surface area contributed by atoms with Gasteiger partial charge in [0.2, 0.25) is 6.79 Å². The third-order valence-corrected chi connectivity index (χ3v) is 4.50. The Morgan fingerprint density at radius 3 is 2.83 bits per heavy atom. The van der Waals surface area contributed by atoms with Crippen molar-refractivity contribution < 1.29 is 19.0 Å². The molecule has 0 bridgehead atoms. The lowest BCUT2D eigenvalue weighted by Crippen LogP contribution is -2.39. The molecule has 0 radical (unpaired) electrons. The smallest absolute Gasteiger partial charge is 0.258 e. The van der Waals surface area contributed by atoms with Crippen molar-refractivity contribution in [2.24, 2.45) is 5.92 Å². The number of methoxy groups -OCH3 is 1. The fraction of sp³-hybridized carbons (Fsp3) is 0.316. The summed E-state index contributed by atoms with van der Waals surface area (Å²) in [6.07, 6.45) is 0.942. The van der Waals surface area contributed by atoms with E-state index in [0.29, 0.717) is 29.5 Å². The maximum atomic E-state index is 13.1. The van der Waals surface area contributed by atoms with E-state index >= 15 is 0 Å². The standard InChI is InChI=1S/C19H19NO4/c1-12-7-14-8-15(22-2)4-5-16(14)20(10-12)19(21)13-3-6-17-18(9-13)24-11-23-17/h3-6,8-9,12H,7,10-11H2,1-2H3. The molecule has 5 nitrogen and oxygen atoms in total. The van der Waals surface area contributed by atoms with Crippen molar-refractivity contribution in [1.82, 2.24) is 0 Å². The van der Waals surface area contributed by atoms with Gasteiger partial charge in [-0.25, -0.2) is 0 Å². The number of anilines is 1. The highest BCUT2D eigenvalue weighted by atomic mass is 16.7.